The van der Waals surface area contributed by atoms with E-state index in [1.165, 1.54) is 0 Å². The number of rotatable bonds is 11. The maximum atomic E-state index is 13.6. The van der Waals surface area contributed by atoms with Crippen molar-refractivity contribution in [2.24, 2.45) is 5.92 Å². The maximum absolute atomic E-state index is 13.6. The van der Waals surface area contributed by atoms with Crippen LogP contribution in [0, 0.1) is 5.92 Å². The molecule has 2 aromatic heterocycles. The van der Waals surface area contributed by atoms with Crippen molar-refractivity contribution in [3.8, 4) is 0 Å². The summed E-state index contributed by atoms with van der Waals surface area (Å²) in [5, 5.41) is 24.5. The highest BCUT2D eigenvalue weighted by molar-refractivity contribution is 5.95. The molecule has 6 aromatic rings. The lowest BCUT2D eigenvalue weighted by atomic mass is 9.66. The molecule has 2 heterocycles. The maximum Gasteiger partial charge on any atom is 0.320 e. The molecule has 0 aliphatic heterocycles. The molecule has 3 atom stereocenters. The first-order valence-electron chi connectivity index (χ1n) is 15.9. The number of benzene rings is 4. The summed E-state index contributed by atoms with van der Waals surface area (Å²) in [7, 11) is 1.59. The van der Waals surface area contributed by atoms with Gasteiger partial charge in [0, 0.05) is 30.2 Å². The zero-order chi connectivity index (χ0) is 33.1. The minimum atomic E-state index is -0.967. The number of H-pyrrole nitrogens is 1. The molecular weight excluding hydrogens is 602 g/mol. The number of nitrogens with one attached hydrogen (secondary N) is 3. The van der Waals surface area contributed by atoms with Crippen LogP contribution < -0.4 is 10.6 Å². The van der Waals surface area contributed by atoms with Crippen molar-refractivity contribution in [3.05, 3.63) is 161 Å². The van der Waals surface area contributed by atoms with Crippen LogP contribution in [0.1, 0.15) is 52.0 Å². The number of anilines is 1. The number of nitrogens with zero attached hydrogens (tertiary/aromatic N) is 2. The topological polar surface area (TPSA) is 129 Å². The number of aromatic nitrogens is 3. The van der Waals surface area contributed by atoms with Gasteiger partial charge in [0.15, 0.2) is 0 Å². The van der Waals surface area contributed by atoms with E-state index in [-0.39, 0.29) is 12.5 Å². The Morgan fingerprint density at radius 3 is 1.92 bits per heavy atom. The number of carboxylic acid groups (broad SMARTS) is 1. The molecule has 9 nitrogen and oxygen atoms in total. The van der Waals surface area contributed by atoms with Gasteiger partial charge in [-0.15, -0.1) is 0 Å². The smallest absolute Gasteiger partial charge is 0.320 e. The van der Waals surface area contributed by atoms with Crippen LogP contribution in [0.2, 0.25) is 0 Å². The van der Waals surface area contributed by atoms with Gasteiger partial charge in [-0.1, -0.05) is 121 Å². The summed E-state index contributed by atoms with van der Waals surface area (Å²) >= 11 is 0. The Kier molecular flexibility index (Phi) is 8.44. The molecule has 7 rings (SSSR count). The first-order valence-corrected chi connectivity index (χ1v) is 15.9. The average Bonchev–Trinajstić information content (AvgIpc) is 3.82. The van der Waals surface area contributed by atoms with Crippen LogP contribution in [-0.2, 0) is 14.9 Å². The van der Waals surface area contributed by atoms with Crippen molar-refractivity contribution in [2.45, 2.75) is 23.8 Å². The van der Waals surface area contributed by atoms with E-state index in [1.807, 2.05) is 84.9 Å². The molecule has 4 aromatic carbocycles. The van der Waals surface area contributed by atoms with Crippen LogP contribution in [0.25, 0.3) is 10.9 Å². The van der Waals surface area contributed by atoms with Crippen LogP contribution in [0.15, 0.2) is 127 Å². The molecule has 0 bridgehead atoms. The monoisotopic (exact) mass is 637 g/mol. The molecule has 1 fully saturated rings. The van der Waals surface area contributed by atoms with Crippen molar-refractivity contribution in [3.63, 3.8) is 0 Å². The number of ether oxygens (including phenoxy) is 1. The minimum Gasteiger partial charge on any atom is -0.481 e. The van der Waals surface area contributed by atoms with Crippen molar-refractivity contribution < 1.29 is 19.4 Å². The Morgan fingerprint density at radius 2 is 1.42 bits per heavy atom. The van der Waals surface area contributed by atoms with Gasteiger partial charge in [0.1, 0.15) is 5.82 Å². The van der Waals surface area contributed by atoms with Gasteiger partial charge in [0.2, 0.25) is 0 Å². The molecule has 1 aliphatic carbocycles. The number of pyridine rings is 1. The van der Waals surface area contributed by atoms with E-state index in [1.54, 1.807) is 13.2 Å². The first-order chi connectivity index (χ1) is 23.5. The highest BCUT2D eigenvalue weighted by Crippen LogP contribution is 2.53. The lowest BCUT2D eigenvalue weighted by molar-refractivity contribution is -0.138. The van der Waals surface area contributed by atoms with Gasteiger partial charge in [0.05, 0.1) is 35.2 Å². The normalized spacial score (nSPS) is 16.3. The second kappa shape index (κ2) is 13.1. The number of hydrogen-bond donors (Lipinski definition) is 4. The van der Waals surface area contributed by atoms with Gasteiger partial charge in [-0.2, -0.15) is 5.10 Å². The summed E-state index contributed by atoms with van der Waals surface area (Å²) in [6.07, 6.45) is 0.504. The number of carboxylic acids is 1. The number of carbonyl (C=O) groups is 2. The van der Waals surface area contributed by atoms with E-state index < -0.39 is 29.4 Å². The molecular formula is C39H35N5O4. The molecule has 0 spiro atoms. The summed E-state index contributed by atoms with van der Waals surface area (Å²) in [4.78, 5) is 30.9. The van der Waals surface area contributed by atoms with Gasteiger partial charge < -0.3 is 15.2 Å². The first kappa shape index (κ1) is 30.8. The molecule has 48 heavy (non-hydrogen) atoms. The number of amides is 2. The zero-order valence-electron chi connectivity index (χ0n) is 26.3. The number of methoxy groups -OCH3 is 1. The van der Waals surface area contributed by atoms with Gasteiger partial charge >= 0.3 is 12.0 Å². The summed E-state index contributed by atoms with van der Waals surface area (Å²) in [5.74, 6) is -1.29. The summed E-state index contributed by atoms with van der Waals surface area (Å²) in [5.41, 5.74) is 4.75. The second-order valence-corrected chi connectivity index (χ2v) is 12.0. The minimum absolute atomic E-state index is 0.240. The number of urea groups is 1. The number of aliphatic carboxylic acids is 1. The molecule has 0 radical (unpaired) electrons. The van der Waals surface area contributed by atoms with E-state index in [0.29, 0.717) is 23.4 Å². The van der Waals surface area contributed by atoms with Crippen LogP contribution in [0.3, 0.4) is 0 Å². The molecule has 1 saturated carbocycles. The summed E-state index contributed by atoms with van der Waals surface area (Å²) in [6.45, 7) is 0.281. The largest absolute Gasteiger partial charge is 0.481 e. The van der Waals surface area contributed by atoms with E-state index in [9.17, 15) is 14.7 Å². The fraction of sp³-hybridized carbons (Fsp3) is 0.179. The van der Waals surface area contributed by atoms with Crippen molar-refractivity contribution >= 4 is 28.7 Å². The van der Waals surface area contributed by atoms with Crippen molar-refractivity contribution in [2.75, 3.05) is 19.0 Å². The third kappa shape index (κ3) is 5.69. The summed E-state index contributed by atoms with van der Waals surface area (Å²) in [6, 6.07) is 40.9. The van der Waals surface area contributed by atoms with Crippen LogP contribution in [0.4, 0.5) is 10.6 Å². The van der Waals surface area contributed by atoms with E-state index >= 15 is 0 Å². The van der Waals surface area contributed by atoms with Crippen molar-refractivity contribution in [1.29, 1.82) is 0 Å². The third-order valence-corrected chi connectivity index (χ3v) is 9.10. The quantitative estimate of drug-likeness (QED) is 0.113. The molecule has 1 aliphatic rings. The number of fused-ring (bicyclic) bond motifs is 1. The Labute approximate surface area is 278 Å². The summed E-state index contributed by atoms with van der Waals surface area (Å²) < 4.78 is 5.42. The molecule has 0 unspecified atom stereocenters. The number of aromatic amines is 1. The predicted octanol–water partition coefficient (Wildman–Crippen LogP) is 7.04. The highest BCUT2D eigenvalue weighted by atomic mass is 16.5. The Morgan fingerprint density at radius 1 is 0.875 bits per heavy atom. The molecule has 4 N–H and O–H groups in total. The molecule has 240 valence electrons. The standard InChI is InChI=1S/C39H35N5O4/c1-48-24-32(25-14-6-2-7-15-25)40-38(47)42-33-23-31-34(35(44-43-31)29-22-30(29)37(45)46)36(41-33)39(26-16-8-3-9-17-26,27-18-10-4-11-19-27)28-20-12-5-13-21-28/h2-21,23,29-30,32H,22,24H2,1H3,(H,43,44)(H,45,46)(H2,40,41,42,47)/t29-,30-,32+/m0/s1. The van der Waals surface area contributed by atoms with E-state index in [0.717, 1.165) is 33.3 Å². The van der Waals surface area contributed by atoms with Gasteiger partial charge in [0.25, 0.3) is 0 Å². The van der Waals surface area contributed by atoms with E-state index in [2.05, 4.69) is 57.2 Å². The molecule has 0 saturated heterocycles. The number of hydrogen-bond acceptors (Lipinski definition) is 5. The molecule has 2 amide bonds. The SMILES string of the molecule is COC[C@@H](NC(=O)Nc1cc2n[nH]c([C@H]3C[C@@H]3C(=O)O)c2c(C(c2ccccc2)(c2ccccc2)c2ccccc2)n1)c1ccccc1. The second-order valence-electron chi connectivity index (χ2n) is 12.0. The lowest BCUT2D eigenvalue weighted by Gasteiger charge is -2.36. The Bertz CT molecular complexity index is 1940. The van der Waals surface area contributed by atoms with Gasteiger partial charge in [-0.05, 0) is 28.7 Å². The number of carbonyl (C=O) groups excluding carboxylic acids is 1. The predicted molar refractivity (Wildman–Crippen MR) is 184 cm³/mol. The van der Waals surface area contributed by atoms with Crippen LogP contribution >= 0.6 is 0 Å². The molecule has 9 heteroatoms. The van der Waals surface area contributed by atoms with E-state index in [4.69, 9.17) is 9.72 Å². The Balaban J connectivity index is 1.44. The lowest BCUT2D eigenvalue weighted by Crippen LogP contribution is -2.36. The average molecular weight is 638 g/mol. The van der Waals surface area contributed by atoms with Crippen molar-refractivity contribution in [1.82, 2.24) is 20.5 Å². The highest BCUT2D eigenvalue weighted by Gasteiger charge is 2.48. The van der Waals surface area contributed by atoms with Crippen LogP contribution in [-0.4, -0.2) is 46.0 Å². The third-order valence-electron chi connectivity index (χ3n) is 9.10. The fourth-order valence-electron chi connectivity index (χ4n) is 6.81. The fourth-order valence-corrected chi connectivity index (χ4v) is 6.81. The Hall–Kier alpha value is -5.80. The van der Waals surface area contributed by atoms with Gasteiger partial charge in [-0.25, -0.2) is 9.78 Å². The zero-order valence-corrected chi connectivity index (χ0v) is 26.3. The van der Waals surface area contributed by atoms with Crippen LogP contribution in [0.5, 0.6) is 0 Å². The van der Waals surface area contributed by atoms with Gasteiger partial charge in [-0.3, -0.25) is 15.2 Å².